The van der Waals surface area contributed by atoms with Crippen molar-refractivity contribution in [2.75, 3.05) is 19.4 Å². The fourth-order valence-corrected chi connectivity index (χ4v) is 2.64. The molecule has 3 rings (SSSR count). The maximum absolute atomic E-state index is 11.9. The van der Waals surface area contributed by atoms with Crippen LogP contribution < -0.4 is 5.32 Å². The van der Waals surface area contributed by atoms with E-state index in [4.69, 9.17) is 0 Å². The van der Waals surface area contributed by atoms with Gasteiger partial charge in [0.25, 0.3) is 5.91 Å². The minimum Gasteiger partial charge on any atom is -0.363 e. The van der Waals surface area contributed by atoms with Gasteiger partial charge in [-0.15, -0.1) is 0 Å². The number of carbonyl (C=O) groups excluding carboxylic acids is 1. The van der Waals surface area contributed by atoms with Gasteiger partial charge in [0, 0.05) is 32.7 Å². The molecule has 0 fully saturated rings. The summed E-state index contributed by atoms with van der Waals surface area (Å²) in [6.07, 6.45) is 5.28. The zero-order valence-electron chi connectivity index (χ0n) is 14.5. The highest BCUT2D eigenvalue weighted by Crippen LogP contribution is 2.24. The predicted molar refractivity (Wildman–Crippen MR) is 97.9 cm³/mol. The maximum Gasteiger partial charge on any atom is 0.254 e. The fraction of sp³-hybridized carbons (Fsp3) is 0.211. The Balaban J connectivity index is 1.79. The summed E-state index contributed by atoms with van der Waals surface area (Å²) in [5.74, 6) is 0.661. The Hall–Kier alpha value is -3.15. The summed E-state index contributed by atoms with van der Waals surface area (Å²) in [5.41, 5.74) is 2.70. The number of hydrogen-bond acceptors (Lipinski definition) is 4. The van der Waals surface area contributed by atoms with Crippen molar-refractivity contribution in [2.24, 2.45) is 0 Å². The number of hydrogen-bond donors (Lipinski definition) is 1. The summed E-state index contributed by atoms with van der Waals surface area (Å²) in [4.78, 5) is 17.8. The van der Waals surface area contributed by atoms with Crippen LogP contribution in [0.1, 0.15) is 28.9 Å². The van der Waals surface area contributed by atoms with Crippen LogP contribution in [0.3, 0.4) is 0 Å². The Kier molecular flexibility index (Phi) is 4.79. The minimum absolute atomic E-state index is 0.0308. The van der Waals surface area contributed by atoms with E-state index >= 15 is 0 Å². The maximum atomic E-state index is 11.9. The first-order chi connectivity index (χ1) is 12.1. The van der Waals surface area contributed by atoms with Crippen molar-refractivity contribution >= 4 is 11.7 Å². The number of amides is 1. The largest absolute Gasteiger partial charge is 0.363 e. The van der Waals surface area contributed by atoms with Crippen molar-refractivity contribution in [3.05, 3.63) is 72.2 Å². The molecule has 6 heteroatoms. The van der Waals surface area contributed by atoms with Crippen LogP contribution >= 0.6 is 0 Å². The number of benzene rings is 1. The van der Waals surface area contributed by atoms with Gasteiger partial charge in [-0.2, -0.15) is 5.10 Å². The van der Waals surface area contributed by atoms with Crippen LogP contribution in [0, 0.1) is 0 Å². The molecule has 6 nitrogen and oxygen atoms in total. The topological polar surface area (TPSA) is 63.1 Å². The standard InChI is InChI=1S/C19H21N5O/c1-14(16-7-4-5-8-17(16)24-12-6-11-21-24)22-18-10-9-15(13-20-18)19(25)23(2)3/h4-14H,1-3H3,(H,20,22). The van der Waals surface area contributed by atoms with E-state index in [2.05, 4.69) is 28.4 Å². The van der Waals surface area contributed by atoms with E-state index in [0.29, 0.717) is 5.56 Å². The van der Waals surface area contributed by atoms with Crippen molar-refractivity contribution in [3.8, 4) is 5.69 Å². The molecule has 0 aliphatic carbocycles. The summed E-state index contributed by atoms with van der Waals surface area (Å²) < 4.78 is 1.85. The zero-order valence-corrected chi connectivity index (χ0v) is 14.5. The van der Waals surface area contributed by atoms with Gasteiger partial charge in [-0.1, -0.05) is 18.2 Å². The number of carbonyl (C=O) groups is 1. The normalized spacial score (nSPS) is 11.8. The Morgan fingerprint density at radius 3 is 2.60 bits per heavy atom. The average Bonchev–Trinajstić information content (AvgIpc) is 3.16. The summed E-state index contributed by atoms with van der Waals surface area (Å²) in [6.45, 7) is 2.07. The highest BCUT2D eigenvalue weighted by atomic mass is 16.2. The smallest absolute Gasteiger partial charge is 0.254 e. The molecule has 1 N–H and O–H groups in total. The van der Waals surface area contributed by atoms with E-state index in [1.165, 1.54) is 4.90 Å². The van der Waals surface area contributed by atoms with Crippen LogP contribution in [0.4, 0.5) is 5.82 Å². The SMILES string of the molecule is CC(Nc1ccc(C(=O)N(C)C)cn1)c1ccccc1-n1cccn1. The molecular formula is C19H21N5O. The molecule has 0 saturated carbocycles. The quantitative estimate of drug-likeness (QED) is 0.778. The molecule has 3 aromatic rings. The highest BCUT2D eigenvalue weighted by Gasteiger charge is 2.13. The lowest BCUT2D eigenvalue weighted by Gasteiger charge is -2.19. The van der Waals surface area contributed by atoms with Gasteiger partial charge in [-0.3, -0.25) is 4.79 Å². The molecule has 0 spiro atoms. The summed E-state index contributed by atoms with van der Waals surface area (Å²) in [6, 6.07) is 13.6. The lowest BCUT2D eigenvalue weighted by atomic mass is 10.1. The van der Waals surface area contributed by atoms with Crippen LogP contribution in [0.5, 0.6) is 0 Å². The second-order valence-electron chi connectivity index (χ2n) is 6.01. The number of nitrogens with one attached hydrogen (secondary N) is 1. The molecule has 0 saturated heterocycles. The minimum atomic E-state index is -0.0591. The van der Waals surface area contributed by atoms with Crippen molar-refractivity contribution in [2.45, 2.75) is 13.0 Å². The Bertz CT molecular complexity index is 841. The second kappa shape index (κ2) is 7.17. The van der Waals surface area contributed by atoms with Crippen molar-refractivity contribution in [1.29, 1.82) is 0 Å². The third-order valence-electron chi connectivity index (χ3n) is 3.94. The predicted octanol–water partition coefficient (Wildman–Crippen LogP) is 3.14. The van der Waals surface area contributed by atoms with Gasteiger partial charge in [0.2, 0.25) is 0 Å². The molecule has 1 atom stereocenters. The molecule has 1 unspecified atom stereocenters. The van der Waals surface area contributed by atoms with E-state index in [1.807, 2.05) is 41.2 Å². The third kappa shape index (κ3) is 3.68. The number of pyridine rings is 1. The van der Waals surface area contributed by atoms with Gasteiger partial charge in [0.05, 0.1) is 17.3 Å². The molecule has 1 amide bonds. The monoisotopic (exact) mass is 335 g/mol. The van der Waals surface area contributed by atoms with E-state index in [9.17, 15) is 4.79 Å². The Labute approximate surface area is 147 Å². The molecule has 128 valence electrons. The van der Waals surface area contributed by atoms with E-state index in [-0.39, 0.29) is 11.9 Å². The van der Waals surface area contributed by atoms with Gasteiger partial charge >= 0.3 is 0 Å². The first kappa shape index (κ1) is 16.7. The third-order valence-corrected chi connectivity index (χ3v) is 3.94. The molecule has 0 bridgehead atoms. The second-order valence-corrected chi connectivity index (χ2v) is 6.01. The van der Waals surface area contributed by atoms with Crippen LogP contribution in [0.2, 0.25) is 0 Å². The molecule has 1 aromatic carbocycles. The number of para-hydroxylation sites is 1. The number of rotatable bonds is 5. The molecule has 2 heterocycles. The van der Waals surface area contributed by atoms with Gasteiger partial charge in [0.15, 0.2) is 0 Å². The Morgan fingerprint density at radius 1 is 1.16 bits per heavy atom. The first-order valence-electron chi connectivity index (χ1n) is 8.09. The lowest BCUT2D eigenvalue weighted by Crippen LogP contribution is -2.21. The molecule has 0 aliphatic rings. The first-order valence-corrected chi connectivity index (χ1v) is 8.09. The van der Waals surface area contributed by atoms with Gasteiger partial charge < -0.3 is 10.2 Å². The molecule has 25 heavy (non-hydrogen) atoms. The van der Waals surface area contributed by atoms with Crippen molar-refractivity contribution in [1.82, 2.24) is 19.7 Å². The van der Waals surface area contributed by atoms with Crippen molar-refractivity contribution in [3.63, 3.8) is 0 Å². The molecule has 0 aliphatic heterocycles. The highest BCUT2D eigenvalue weighted by molar-refractivity contribution is 5.93. The summed E-state index contributed by atoms with van der Waals surface area (Å²) >= 11 is 0. The summed E-state index contributed by atoms with van der Waals surface area (Å²) in [7, 11) is 3.45. The van der Waals surface area contributed by atoms with Crippen LogP contribution in [-0.2, 0) is 0 Å². The summed E-state index contributed by atoms with van der Waals surface area (Å²) in [5, 5.41) is 7.69. The van der Waals surface area contributed by atoms with Gasteiger partial charge in [-0.25, -0.2) is 9.67 Å². The number of anilines is 1. The van der Waals surface area contributed by atoms with Crippen LogP contribution in [0.15, 0.2) is 61.1 Å². The fourth-order valence-electron chi connectivity index (χ4n) is 2.64. The average molecular weight is 335 g/mol. The van der Waals surface area contributed by atoms with Crippen LogP contribution in [-0.4, -0.2) is 39.7 Å². The zero-order chi connectivity index (χ0) is 17.8. The van der Waals surface area contributed by atoms with E-state index in [0.717, 1.165) is 17.1 Å². The number of nitrogens with zero attached hydrogens (tertiary/aromatic N) is 4. The van der Waals surface area contributed by atoms with Crippen LogP contribution in [0.25, 0.3) is 5.69 Å². The molecule has 2 aromatic heterocycles. The Morgan fingerprint density at radius 2 is 1.96 bits per heavy atom. The van der Waals surface area contributed by atoms with E-state index in [1.54, 1.807) is 32.6 Å². The van der Waals surface area contributed by atoms with Gasteiger partial charge in [0.1, 0.15) is 5.82 Å². The van der Waals surface area contributed by atoms with Crippen molar-refractivity contribution < 1.29 is 4.79 Å². The lowest BCUT2D eigenvalue weighted by molar-refractivity contribution is 0.0827. The van der Waals surface area contributed by atoms with Gasteiger partial charge in [-0.05, 0) is 36.8 Å². The molecular weight excluding hydrogens is 314 g/mol. The number of aromatic nitrogens is 3. The molecule has 0 radical (unpaired) electrons. The van der Waals surface area contributed by atoms with E-state index < -0.39 is 0 Å².